The van der Waals surface area contributed by atoms with Gasteiger partial charge in [0.2, 0.25) is 0 Å². The molecule has 0 saturated heterocycles. The summed E-state index contributed by atoms with van der Waals surface area (Å²) >= 11 is 0. The molecule has 0 aromatic heterocycles. The molecule has 3 heteroatoms. The van der Waals surface area contributed by atoms with E-state index in [0.717, 1.165) is 13.0 Å². The number of ether oxygens (including phenoxy) is 2. The first-order valence-electron chi connectivity index (χ1n) is 4.93. The van der Waals surface area contributed by atoms with Crippen LogP contribution in [0.3, 0.4) is 0 Å². The molecule has 1 aliphatic rings. The Kier molecular flexibility index (Phi) is 4.25. The second kappa shape index (κ2) is 5.25. The van der Waals surface area contributed by atoms with E-state index in [1.165, 1.54) is 0 Å². The number of hydrogen-bond donors (Lipinski definition) is 0. The summed E-state index contributed by atoms with van der Waals surface area (Å²) in [5.41, 5.74) is 0. The molecule has 0 N–H and O–H groups in total. The highest BCUT2D eigenvalue weighted by Crippen LogP contribution is 2.12. The molecule has 0 aromatic carbocycles. The van der Waals surface area contributed by atoms with Gasteiger partial charge >= 0.3 is 0 Å². The van der Waals surface area contributed by atoms with Crippen molar-refractivity contribution in [3.63, 3.8) is 0 Å². The van der Waals surface area contributed by atoms with E-state index in [1.54, 1.807) is 6.26 Å². The van der Waals surface area contributed by atoms with Crippen molar-refractivity contribution in [1.29, 1.82) is 0 Å². The van der Waals surface area contributed by atoms with Crippen LogP contribution >= 0.6 is 0 Å². The van der Waals surface area contributed by atoms with Gasteiger partial charge in [-0.25, -0.2) is 4.90 Å². The average Bonchev–Trinajstić information content (AvgIpc) is 2.15. The van der Waals surface area contributed by atoms with Gasteiger partial charge < -0.3 is 9.47 Å². The maximum atomic E-state index is 5.47. The van der Waals surface area contributed by atoms with Crippen LogP contribution in [0.25, 0.3) is 0 Å². The van der Waals surface area contributed by atoms with Gasteiger partial charge in [0.25, 0.3) is 6.41 Å². The van der Waals surface area contributed by atoms with Gasteiger partial charge in [0, 0.05) is 12.6 Å². The van der Waals surface area contributed by atoms with Gasteiger partial charge in [0.1, 0.15) is 0 Å². The zero-order chi connectivity index (χ0) is 9.68. The van der Waals surface area contributed by atoms with Crippen molar-refractivity contribution in [3.05, 3.63) is 12.3 Å². The Morgan fingerprint density at radius 3 is 2.77 bits per heavy atom. The molecule has 0 saturated carbocycles. The minimum Gasteiger partial charge on any atom is -0.459 e. The fraction of sp³-hybridized carbons (Fsp3) is 0.800. The van der Waals surface area contributed by atoms with E-state index in [2.05, 4.69) is 25.7 Å². The quantitative estimate of drug-likeness (QED) is 0.668. The first-order valence-corrected chi connectivity index (χ1v) is 4.93. The number of hydrogen-bond acceptors (Lipinski definition) is 3. The summed E-state index contributed by atoms with van der Waals surface area (Å²) in [5, 5.41) is 0. The van der Waals surface area contributed by atoms with Crippen molar-refractivity contribution in [2.75, 3.05) is 13.2 Å². The third kappa shape index (κ3) is 3.01. The van der Waals surface area contributed by atoms with Gasteiger partial charge in [-0.1, -0.05) is 6.92 Å². The Labute approximate surface area is 80.3 Å². The summed E-state index contributed by atoms with van der Waals surface area (Å²) in [5.74, 6) is 0. The van der Waals surface area contributed by atoms with Gasteiger partial charge in [-0.3, -0.25) is 0 Å². The maximum absolute atomic E-state index is 5.47. The zero-order valence-corrected chi connectivity index (χ0v) is 8.69. The van der Waals surface area contributed by atoms with Crippen molar-refractivity contribution in [2.24, 2.45) is 0 Å². The second-order valence-electron chi connectivity index (χ2n) is 3.48. The molecule has 0 aromatic rings. The minimum absolute atomic E-state index is 0.190. The van der Waals surface area contributed by atoms with E-state index in [4.69, 9.17) is 9.47 Å². The largest absolute Gasteiger partial charge is 0.459 e. The highest BCUT2D eigenvalue weighted by Gasteiger charge is 2.22. The summed E-state index contributed by atoms with van der Waals surface area (Å²) in [4.78, 5) is 2.21. The van der Waals surface area contributed by atoms with E-state index >= 15 is 0 Å². The number of nitrogens with zero attached hydrogens (tertiary/aromatic N) is 1. The fourth-order valence-electron chi connectivity index (χ4n) is 1.38. The van der Waals surface area contributed by atoms with Crippen molar-refractivity contribution in [2.45, 2.75) is 39.6 Å². The van der Waals surface area contributed by atoms with E-state index < -0.39 is 0 Å². The molecule has 0 amide bonds. The second-order valence-corrected chi connectivity index (χ2v) is 3.48. The molecular weight excluding hydrogens is 166 g/mol. The van der Waals surface area contributed by atoms with Crippen LogP contribution in [0.1, 0.15) is 27.2 Å². The van der Waals surface area contributed by atoms with Crippen LogP contribution in [0, 0.1) is 0 Å². The van der Waals surface area contributed by atoms with Crippen LogP contribution in [0.15, 0.2) is 12.3 Å². The first-order chi connectivity index (χ1) is 6.25. The van der Waals surface area contributed by atoms with Gasteiger partial charge in [-0.15, -0.1) is 0 Å². The summed E-state index contributed by atoms with van der Waals surface area (Å²) in [6, 6.07) is 0.455. The van der Waals surface area contributed by atoms with Crippen LogP contribution in [0.2, 0.25) is 0 Å². The molecule has 0 aliphatic carbocycles. The molecule has 1 aliphatic heterocycles. The van der Waals surface area contributed by atoms with E-state index in [9.17, 15) is 0 Å². The molecule has 0 spiro atoms. The van der Waals surface area contributed by atoms with E-state index in [0.29, 0.717) is 12.6 Å². The van der Waals surface area contributed by atoms with Crippen LogP contribution in [0.4, 0.5) is 0 Å². The number of rotatable bonds is 4. The van der Waals surface area contributed by atoms with Gasteiger partial charge in [-0.2, -0.15) is 0 Å². The Morgan fingerprint density at radius 2 is 2.31 bits per heavy atom. The van der Waals surface area contributed by atoms with Crippen LogP contribution in [-0.4, -0.2) is 30.5 Å². The lowest BCUT2D eigenvalue weighted by Crippen LogP contribution is -2.44. The molecule has 1 rings (SSSR count). The summed E-state index contributed by atoms with van der Waals surface area (Å²) in [6.07, 6.45) is 4.52. The lowest BCUT2D eigenvalue weighted by Gasteiger charge is -2.34. The van der Waals surface area contributed by atoms with Gasteiger partial charge in [0.15, 0.2) is 0 Å². The average molecular weight is 185 g/mol. The lowest BCUT2D eigenvalue weighted by atomic mass is 10.3. The molecule has 0 fully saturated rings. The Morgan fingerprint density at radius 1 is 1.54 bits per heavy atom. The smallest absolute Gasteiger partial charge is 0.261 e. The van der Waals surface area contributed by atoms with Crippen molar-refractivity contribution < 1.29 is 9.47 Å². The normalized spacial score (nSPS) is 22.4. The van der Waals surface area contributed by atoms with Crippen molar-refractivity contribution in [1.82, 2.24) is 4.90 Å². The topological polar surface area (TPSA) is 21.7 Å². The molecule has 0 radical (unpaired) electrons. The van der Waals surface area contributed by atoms with Crippen LogP contribution in [0.5, 0.6) is 0 Å². The third-order valence-electron chi connectivity index (χ3n) is 2.04. The monoisotopic (exact) mass is 185 g/mol. The van der Waals surface area contributed by atoms with E-state index in [-0.39, 0.29) is 6.41 Å². The molecule has 3 nitrogen and oxygen atoms in total. The van der Waals surface area contributed by atoms with Crippen LogP contribution in [-0.2, 0) is 9.47 Å². The molecule has 1 atom stereocenters. The molecule has 1 unspecified atom stereocenters. The van der Waals surface area contributed by atoms with Crippen LogP contribution < -0.4 is 0 Å². The molecular formula is C10H19NO2. The van der Waals surface area contributed by atoms with Crippen molar-refractivity contribution in [3.8, 4) is 0 Å². The Hall–Kier alpha value is -0.540. The highest BCUT2D eigenvalue weighted by atomic mass is 16.7. The maximum Gasteiger partial charge on any atom is 0.261 e. The standard InChI is InChI=1S/C10H19NO2/c1-4-6-11(9(2)3)10-12-7-5-8-13-10/h5,7,9-10H,4,6,8H2,1-3H3. The predicted molar refractivity (Wildman–Crippen MR) is 52.1 cm³/mol. The highest BCUT2D eigenvalue weighted by molar-refractivity contribution is 4.78. The van der Waals surface area contributed by atoms with Gasteiger partial charge in [-0.05, 0) is 26.3 Å². The zero-order valence-electron chi connectivity index (χ0n) is 8.69. The summed E-state index contributed by atoms with van der Waals surface area (Å²) in [7, 11) is 0. The fourth-order valence-corrected chi connectivity index (χ4v) is 1.38. The third-order valence-corrected chi connectivity index (χ3v) is 2.04. The SMILES string of the molecule is CCCN(C(C)C)C1OC=CCO1. The summed E-state index contributed by atoms with van der Waals surface area (Å²) in [6.45, 7) is 8.13. The van der Waals surface area contributed by atoms with Crippen molar-refractivity contribution >= 4 is 0 Å². The minimum atomic E-state index is -0.190. The van der Waals surface area contributed by atoms with Gasteiger partial charge in [0.05, 0.1) is 12.9 Å². The Bertz CT molecular complexity index is 168. The van der Waals surface area contributed by atoms with E-state index in [1.807, 2.05) is 6.08 Å². The summed E-state index contributed by atoms with van der Waals surface area (Å²) < 4.78 is 10.8. The molecule has 76 valence electrons. The Balaban J connectivity index is 2.47. The molecule has 13 heavy (non-hydrogen) atoms. The molecule has 1 heterocycles. The lowest BCUT2D eigenvalue weighted by molar-refractivity contribution is -0.210. The first kappa shape index (κ1) is 10.5. The predicted octanol–water partition coefficient (Wildman–Crippen LogP) is 1.95. The molecule has 0 bridgehead atoms.